The van der Waals surface area contributed by atoms with Gasteiger partial charge >= 0.3 is 0 Å². The van der Waals surface area contributed by atoms with Gasteiger partial charge in [-0.2, -0.15) is 0 Å². The number of carbonyl (C=O) groups is 1. The number of nitrogen functional groups attached to an aromatic ring is 1. The number of nitrogens with one attached hydrogen (secondary N) is 1. The Morgan fingerprint density at radius 1 is 1.19 bits per heavy atom. The minimum atomic E-state index is -0.217. The van der Waals surface area contributed by atoms with Gasteiger partial charge in [-0.1, -0.05) is 17.7 Å². The molecule has 0 radical (unpaired) electrons. The number of carbonyl (C=O) groups excluding carboxylic acids is 1. The van der Waals surface area contributed by atoms with Gasteiger partial charge in [0.2, 0.25) is 0 Å². The lowest BCUT2D eigenvalue weighted by molar-refractivity contribution is 0.102. The molecule has 0 unspecified atom stereocenters. The third-order valence-electron chi connectivity index (χ3n) is 3.18. The summed E-state index contributed by atoms with van der Waals surface area (Å²) in [5.74, 6) is -0.217. The summed E-state index contributed by atoms with van der Waals surface area (Å²) in [6.07, 6.45) is 0. The Bertz CT molecular complexity index is 683. The largest absolute Gasteiger partial charge is 0.399 e. The number of hydrogen-bond acceptors (Lipinski definition) is 3. The number of hydrogen-bond donors (Lipinski definition) is 2. The van der Waals surface area contributed by atoms with E-state index in [1.54, 1.807) is 18.2 Å². The molecule has 4 nitrogen and oxygen atoms in total. The molecule has 2 rings (SSSR count). The molecule has 0 spiro atoms. The molecule has 0 aliphatic carbocycles. The van der Waals surface area contributed by atoms with E-state index in [0.717, 1.165) is 11.3 Å². The fraction of sp³-hybridized carbons (Fsp3) is 0.188. The maximum absolute atomic E-state index is 12.5. The number of nitrogens with zero attached hydrogens (tertiary/aromatic N) is 1. The lowest BCUT2D eigenvalue weighted by atomic mass is 10.1. The number of aryl methyl sites for hydroxylation is 1. The molecule has 110 valence electrons. The van der Waals surface area contributed by atoms with Gasteiger partial charge in [-0.15, -0.1) is 0 Å². The smallest absolute Gasteiger partial charge is 0.257 e. The Labute approximate surface area is 129 Å². The summed E-state index contributed by atoms with van der Waals surface area (Å²) in [6, 6.07) is 10.7. The average molecular weight is 304 g/mol. The Morgan fingerprint density at radius 2 is 1.90 bits per heavy atom. The number of benzene rings is 2. The highest BCUT2D eigenvalue weighted by molar-refractivity contribution is 6.31. The first-order valence-electron chi connectivity index (χ1n) is 6.53. The Morgan fingerprint density at radius 3 is 2.52 bits per heavy atom. The van der Waals surface area contributed by atoms with Crippen LogP contribution in [0.1, 0.15) is 15.9 Å². The van der Waals surface area contributed by atoms with Crippen molar-refractivity contribution in [3.8, 4) is 0 Å². The van der Waals surface area contributed by atoms with Crippen LogP contribution >= 0.6 is 11.6 Å². The fourth-order valence-electron chi connectivity index (χ4n) is 1.99. The molecule has 0 atom stereocenters. The maximum Gasteiger partial charge on any atom is 0.257 e. The standard InChI is InChI=1S/C16H18ClN3O/c1-10-4-6-12(9-14(10)17)19-16(21)13-8-11(18)5-7-15(13)20(2)3/h4-9H,18H2,1-3H3,(H,19,21). The zero-order valence-corrected chi connectivity index (χ0v) is 13.0. The molecule has 0 bridgehead atoms. The molecule has 21 heavy (non-hydrogen) atoms. The lowest BCUT2D eigenvalue weighted by Crippen LogP contribution is -2.18. The summed E-state index contributed by atoms with van der Waals surface area (Å²) in [6.45, 7) is 1.91. The van der Waals surface area contributed by atoms with Gasteiger partial charge in [0.1, 0.15) is 0 Å². The van der Waals surface area contributed by atoms with E-state index in [1.165, 1.54) is 0 Å². The van der Waals surface area contributed by atoms with Crippen LogP contribution in [0.4, 0.5) is 17.1 Å². The highest BCUT2D eigenvalue weighted by atomic mass is 35.5. The first-order valence-corrected chi connectivity index (χ1v) is 6.90. The second-order valence-electron chi connectivity index (χ2n) is 5.09. The molecular weight excluding hydrogens is 286 g/mol. The van der Waals surface area contributed by atoms with Crippen molar-refractivity contribution < 1.29 is 4.79 Å². The Hall–Kier alpha value is -2.20. The highest BCUT2D eigenvalue weighted by Crippen LogP contribution is 2.24. The van der Waals surface area contributed by atoms with Gasteiger partial charge < -0.3 is 16.0 Å². The summed E-state index contributed by atoms with van der Waals surface area (Å²) in [4.78, 5) is 14.3. The van der Waals surface area contributed by atoms with Crippen LogP contribution in [-0.2, 0) is 0 Å². The van der Waals surface area contributed by atoms with Gasteiger partial charge in [0.05, 0.1) is 5.56 Å². The van der Waals surface area contributed by atoms with E-state index in [4.69, 9.17) is 17.3 Å². The molecular formula is C16H18ClN3O. The number of rotatable bonds is 3. The van der Waals surface area contributed by atoms with Crippen LogP contribution in [0.15, 0.2) is 36.4 Å². The molecule has 5 heteroatoms. The van der Waals surface area contributed by atoms with Crippen molar-refractivity contribution in [2.45, 2.75) is 6.92 Å². The summed E-state index contributed by atoms with van der Waals surface area (Å²) in [5, 5.41) is 3.46. The van der Waals surface area contributed by atoms with Crippen molar-refractivity contribution in [3.05, 3.63) is 52.5 Å². The molecule has 0 heterocycles. The van der Waals surface area contributed by atoms with Crippen molar-refractivity contribution in [1.29, 1.82) is 0 Å². The first-order chi connectivity index (χ1) is 9.88. The van der Waals surface area contributed by atoms with E-state index in [2.05, 4.69) is 5.32 Å². The van der Waals surface area contributed by atoms with Crippen LogP contribution in [0.2, 0.25) is 5.02 Å². The highest BCUT2D eigenvalue weighted by Gasteiger charge is 2.14. The number of anilines is 3. The normalized spacial score (nSPS) is 10.3. The van der Waals surface area contributed by atoms with Crippen LogP contribution in [0.25, 0.3) is 0 Å². The van der Waals surface area contributed by atoms with Crippen molar-refractivity contribution in [3.63, 3.8) is 0 Å². The van der Waals surface area contributed by atoms with E-state index in [0.29, 0.717) is 22.0 Å². The van der Waals surface area contributed by atoms with E-state index in [-0.39, 0.29) is 5.91 Å². The van der Waals surface area contributed by atoms with E-state index in [1.807, 2.05) is 44.1 Å². The molecule has 0 aliphatic heterocycles. The van der Waals surface area contributed by atoms with Gasteiger partial charge in [0.15, 0.2) is 0 Å². The molecule has 2 aromatic rings. The van der Waals surface area contributed by atoms with Crippen LogP contribution in [-0.4, -0.2) is 20.0 Å². The van der Waals surface area contributed by atoms with Crippen LogP contribution in [0, 0.1) is 6.92 Å². The van der Waals surface area contributed by atoms with Crippen LogP contribution in [0.5, 0.6) is 0 Å². The summed E-state index contributed by atoms with van der Waals surface area (Å²) >= 11 is 6.07. The SMILES string of the molecule is Cc1ccc(NC(=O)c2cc(N)ccc2N(C)C)cc1Cl. The van der Waals surface area contributed by atoms with Gasteiger partial charge in [0, 0.05) is 36.2 Å². The van der Waals surface area contributed by atoms with Crippen LogP contribution < -0.4 is 16.0 Å². The Balaban J connectivity index is 2.31. The molecule has 0 fully saturated rings. The van der Waals surface area contributed by atoms with Crippen molar-refractivity contribution in [1.82, 2.24) is 0 Å². The molecule has 0 saturated heterocycles. The minimum Gasteiger partial charge on any atom is -0.399 e. The topological polar surface area (TPSA) is 58.4 Å². The van der Waals surface area contributed by atoms with Crippen molar-refractivity contribution >= 4 is 34.6 Å². The summed E-state index contributed by atoms with van der Waals surface area (Å²) < 4.78 is 0. The van der Waals surface area contributed by atoms with Gasteiger partial charge in [0.25, 0.3) is 5.91 Å². The van der Waals surface area contributed by atoms with E-state index < -0.39 is 0 Å². The molecule has 0 aliphatic rings. The van der Waals surface area contributed by atoms with Gasteiger partial charge in [-0.05, 0) is 42.8 Å². The second kappa shape index (κ2) is 6.06. The number of halogens is 1. The third-order valence-corrected chi connectivity index (χ3v) is 3.58. The molecule has 1 amide bonds. The van der Waals surface area contributed by atoms with E-state index in [9.17, 15) is 4.79 Å². The molecule has 3 N–H and O–H groups in total. The summed E-state index contributed by atoms with van der Waals surface area (Å²) in [5.41, 5.74) is 9.28. The maximum atomic E-state index is 12.5. The first kappa shape index (κ1) is 15.2. The minimum absolute atomic E-state index is 0.217. The third kappa shape index (κ3) is 3.47. The second-order valence-corrected chi connectivity index (χ2v) is 5.50. The summed E-state index contributed by atoms with van der Waals surface area (Å²) in [7, 11) is 3.76. The quantitative estimate of drug-likeness (QED) is 0.853. The van der Waals surface area contributed by atoms with Gasteiger partial charge in [-0.3, -0.25) is 4.79 Å². The van der Waals surface area contributed by atoms with Crippen molar-refractivity contribution in [2.75, 3.05) is 30.0 Å². The Kier molecular flexibility index (Phi) is 4.38. The van der Waals surface area contributed by atoms with Gasteiger partial charge in [-0.25, -0.2) is 0 Å². The molecule has 0 saturated carbocycles. The average Bonchev–Trinajstić information content (AvgIpc) is 2.42. The predicted molar refractivity (Wildman–Crippen MR) is 89.3 cm³/mol. The zero-order chi connectivity index (χ0) is 15.6. The molecule has 0 aromatic heterocycles. The number of amides is 1. The zero-order valence-electron chi connectivity index (χ0n) is 12.3. The molecule has 2 aromatic carbocycles. The van der Waals surface area contributed by atoms with Crippen LogP contribution in [0.3, 0.4) is 0 Å². The van der Waals surface area contributed by atoms with Crippen molar-refractivity contribution in [2.24, 2.45) is 0 Å². The fourth-order valence-corrected chi connectivity index (χ4v) is 2.18. The predicted octanol–water partition coefficient (Wildman–Crippen LogP) is 3.55. The van der Waals surface area contributed by atoms with E-state index >= 15 is 0 Å². The monoisotopic (exact) mass is 303 g/mol. The number of nitrogens with two attached hydrogens (primary N) is 1. The lowest BCUT2D eigenvalue weighted by Gasteiger charge is -2.17.